The highest BCUT2D eigenvalue weighted by Gasteiger charge is 2.38. The van der Waals surface area contributed by atoms with E-state index < -0.39 is 12.1 Å². The number of hydrogen-bond acceptors (Lipinski definition) is 4. The first kappa shape index (κ1) is 18.3. The summed E-state index contributed by atoms with van der Waals surface area (Å²) < 4.78 is 37.5. The molecule has 0 saturated carbocycles. The van der Waals surface area contributed by atoms with Gasteiger partial charge >= 0.3 is 12.1 Å². The van der Waals surface area contributed by atoms with Crippen molar-refractivity contribution < 1.29 is 27.8 Å². The van der Waals surface area contributed by atoms with Crippen molar-refractivity contribution in [2.45, 2.75) is 12.7 Å². The molecule has 1 aromatic carbocycles. The number of fused-ring (bicyclic) bond motifs is 1. The van der Waals surface area contributed by atoms with Crippen LogP contribution in [-0.2, 0) is 11.3 Å². The molecule has 0 atom stereocenters. The number of aromatic amines is 1. The molecule has 0 amide bonds. The topological polar surface area (TPSA) is 101 Å². The van der Waals surface area contributed by atoms with E-state index in [1.807, 2.05) is 42.6 Å². The van der Waals surface area contributed by atoms with Gasteiger partial charge in [0.15, 0.2) is 0 Å². The number of nitrogens with zero attached hydrogens (tertiary/aromatic N) is 1. The number of H-pyrrole nitrogens is 1. The van der Waals surface area contributed by atoms with Gasteiger partial charge in [0, 0.05) is 35.9 Å². The van der Waals surface area contributed by atoms with Crippen LogP contribution in [0.25, 0.3) is 10.9 Å². The van der Waals surface area contributed by atoms with Crippen molar-refractivity contribution in [1.29, 1.82) is 0 Å². The number of pyridine rings is 1. The largest absolute Gasteiger partial charge is 0.490 e. The monoisotopic (exact) mass is 353 g/mol. The van der Waals surface area contributed by atoms with Crippen LogP contribution in [-0.4, -0.2) is 27.2 Å². The van der Waals surface area contributed by atoms with Crippen LogP contribution in [0.4, 0.5) is 13.2 Å². The van der Waals surface area contributed by atoms with Crippen LogP contribution in [0.3, 0.4) is 0 Å². The van der Waals surface area contributed by atoms with Gasteiger partial charge in [-0.25, -0.2) is 9.78 Å². The molecule has 0 bridgehead atoms. The Hall–Kier alpha value is -3.07. The van der Waals surface area contributed by atoms with E-state index in [1.54, 1.807) is 6.20 Å². The fraction of sp³-hybridized carbons (Fsp3) is 0.125. The van der Waals surface area contributed by atoms with Gasteiger partial charge in [-0.15, -0.1) is 0 Å². The maximum absolute atomic E-state index is 10.6. The lowest BCUT2D eigenvalue weighted by atomic mass is 10.2. The first-order chi connectivity index (χ1) is 11.8. The van der Waals surface area contributed by atoms with Gasteiger partial charge < -0.3 is 20.6 Å². The lowest BCUT2D eigenvalue weighted by molar-refractivity contribution is -0.192. The molecule has 4 N–H and O–H groups in total. The van der Waals surface area contributed by atoms with Gasteiger partial charge in [-0.1, -0.05) is 6.07 Å². The lowest BCUT2D eigenvalue weighted by Crippen LogP contribution is -2.21. The molecule has 0 aliphatic rings. The fourth-order valence-corrected chi connectivity index (χ4v) is 1.89. The van der Waals surface area contributed by atoms with Crippen molar-refractivity contribution in [3.05, 3.63) is 54.4 Å². The molecule has 0 fully saturated rings. The Morgan fingerprint density at radius 1 is 1.28 bits per heavy atom. The number of hydrogen-bond donors (Lipinski definition) is 3. The minimum Gasteiger partial charge on any atom is -0.475 e. The summed E-state index contributed by atoms with van der Waals surface area (Å²) in [7, 11) is 0. The van der Waals surface area contributed by atoms with Gasteiger partial charge in [-0.2, -0.15) is 13.2 Å². The second kappa shape index (κ2) is 7.67. The second-order valence-corrected chi connectivity index (χ2v) is 4.81. The number of aliphatic carboxylic acids is 1. The summed E-state index contributed by atoms with van der Waals surface area (Å²) >= 11 is 0. The van der Waals surface area contributed by atoms with Crippen molar-refractivity contribution in [2.75, 3.05) is 0 Å². The summed E-state index contributed by atoms with van der Waals surface area (Å²) in [6.45, 7) is 0.479. The SMILES string of the molecule is NCc1ccnc(Oc2cccc3[nH]ccc23)c1.O=C(O)C(F)(F)F. The summed E-state index contributed by atoms with van der Waals surface area (Å²) in [5, 5.41) is 8.16. The number of nitrogens with one attached hydrogen (secondary N) is 1. The Morgan fingerprint density at radius 2 is 2.00 bits per heavy atom. The number of carboxylic acids is 1. The summed E-state index contributed by atoms with van der Waals surface area (Å²) in [4.78, 5) is 16.2. The summed E-state index contributed by atoms with van der Waals surface area (Å²) in [6.07, 6.45) is -1.49. The zero-order chi connectivity index (χ0) is 18.4. The number of carbonyl (C=O) groups is 1. The molecule has 2 aromatic heterocycles. The normalized spacial score (nSPS) is 10.9. The lowest BCUT2D eigenvalue weighted by Gasteiger charge is -2.06. The summed E-state index contributed by atoms with van der Waals surface area (Å²) in [5.41, 5.74) is 7.64. The van der Waals surface area contributed by atoms with Gasteiger partial charge in [-0.3, -0.25) is 0 Å². The van der Waals surface area contributed by atoms with Crippen LogP contribution in [0.2, 0.25) is 0 Å². The Labute approximate surface area is 140 Å². The molecule has 132 valence electrons. The van der Waals surface area contributed by atoms with E-state index in [0.717, 1.165) is 22.2 Å². The third kappa shape index (κ3) is 4.95. The maximum Gasteiger partial charge on any atom is 0.490 e. The Kier molecular flexibility index (Phi) is 5.60. The molecule has 9 heteroatoms. The highest BCUT2D eigenvalue weighted by molar-refractivity contribution is 5.85. The first-order valence-electron chi connectivity index (χ1n) is 7.00. The number of ether oxygens (including phenoxy) is 1. The average Bonchev–Trinajstić information content (AvgIpc) is 3.04. The van der Waals surface area contributed by atoms with Gasteiger partial charge in [-0.05, 0) is 29.8 Å². The van der Waals surface area contributed by atoms with Crippen LogP contribution < -0.4 is 10.5 Å². The van der Waals surface area contributed by atoms with Gasteiger partial charge in [0.1, 0.15) is 5.75 Å². The van der Waals surface area contributed by atoms with Crippen LogP contribution in [0.15, 0.2) is 48.8 Å². The molecule has 6 nitrogen and oxygen atoms in total. The molecule has 3 aromatic rings. The van der Waals surface area contributed by atoms with Crippen LogP contribution in [0.5, 0.6) is 11.6 Å². The minimum atomic E-state index is -5.08. The molecule has 2 heterocycles. The predicted octanol–water partition coefficient (Wildman–Crippen LogP) is 3.45. The van der Waals surface area contributed by atoms with Crippen molar-refractivity contribution in [2.24, 2.45) is 5.73 Å². The minimum absolute atomic E-state index is 0.479. The van der Waals surface area contributed by atoms with E-state index >= 15 is 0 Å². The van der Waals surface area contributed by atoms with E-state index in [0.29, 0.717) is 12.4 Å². The third-order valence-corrected chi connectivity index (χ3v) is 3.05. The number of rotatable bonds is 3. The highest BCUT2D eigenvalue weighted by atomic mass is 19.4. The van der Waals surface area contributed by atoms with Crippen LogP contribution in [0.1, 0.15) is 5.56 Å². The smallest absolute Gasteiger partial charge is 0.475 e. The molecule has 25 heavy (non-hydrogen) atoms. The first-order valence-corrected chi connectivity index (χ1v) is 7.00. The molecular weight excluding hydrogens is 339 g/mol. The molecule has 0 aliphatic carbocycles. The summed E-state index contributed by atoms with van der Waals surface area (Å²) in [6, 6.07) is 11.6. The molecule has 0 aliphatic heterocycles. The number of carboxylic acid groups (broad SMARTS) is 1. The number of halogens is 3. The van der Waals surface area contributed by atoms with Crippen LogP contribution >= 0.6 is 0 Å². The average molecular weight is 353 g/mol. The van der Waals surface area contributed by atoms with E-state index in [1.165, 1.54) is 0 Å². The zero-order valence-corrected chi connectivity index (χ0v) is 12.7. The van der Waals surface area contributed by atoms with Crippen molar-refractivity contribution in [3.8, 4) is 11.6 Å². The van der Waals surface area contributed by atoms with E-state index in [-0.39, 0.29) is 0 Å². The van der Waals surface area contributed by atoms with Gasteiger partial charge in [0.2, 0.25) is 5.88 Å². The molecule has 0 unspecified atom stereocenters. The number of aromatic nitrogens is 2. The molecule has 0 spiro atoms. The van der Waals surface area contributed by atoms with Crippen molar-refractivity contribution >= 4 is 16.9 Å². The van der Waals surface area contributed by atoms with Crippen LogP contribution in [0, 0.1) is 0 Å². The Morgan fingerprint density at radius 3 is 2.64 bits per heavy atom. The predicted molar refractivity (Wildman–Crippen MR) is 84.2 cm³/mol. The molecule has 0 radical (unpaired) electrons. The maximum atomic E-state index is 10.6. The van der Waals surface area contributed by atoms with Gasteiger partial charge in [0.25, 0.3) is 0 Å². The number of nitrogens with two attached hydrogens (primary N) is 1. The molecule has 0 saturated heterocycles. The fourth-order valence-electron chi connectivity index (χ4n) is 1.89. The third-order valence-electron chi connectivity index (χ3n) is 3.05. The van der Waals surface area contributed by atoms with E-state index in [2.05, 4.69) is 9.97 Å². The van der Waals surface area contributed by atoms with E-state index in [4.69, 9.17) is 20.4 Å². The Balaban J connectivity index is 0.000000277. The van der Waals surface area contributed by atoms with E-state index in [9.17, 15) is 13.2 Å². The number of alkyl halides is 3. The quantitative estimate of drug-likeness (QED) is 0.669. The summed E-state index contributed by atoms with van der Waals surface area (Å²) in [5.74, 6) is -1.41. The zero-order valence-electron chi connectivity index (χ0n) is 12.7. The van der Waals surface area contributed by atoms with Crippen molar-refractivity contribution in [3.63, 3.8) is 0 Å². The number of benzene rings is 1. The van der Waals surface area contributed by atoms with Crippen molar-refractivity contribution in [1.82, 2.24) is 9.97 Å². The van der Waals surface area contributed by atoms with Gasteiger partial charge in [0.05, 0.1) is 0 Å². The standard InChI is InChI=1S/C14H13N3O.C2HF3O2/c15-9-10-4-6-17-14(8-10)18-13-3-1-2-12-11(13)5-7-16-12;3-2(4,5)1(6)7/h1-8,16H,9,15H2;(H,6,7). The molecule has 3 rings (SSSR count). The molecular formula is C16H14F3N3O3. The second-order valence-electron chi connectivity index (χ2n) is 4.81. The Bertz CT molecular complexity index is 862. The highest BCUT2D eigenvalue weighted by Crippen LogP contribution is 2.28.